The molecule has 3 aromatic rings. The van der Waals surface area contributed by atoms with Gasteiger partial charge in [0.15, 0.2) is 0 Å². The van der Waals surface area contributed by atoms with Crippen LogP contribution >= 0.6 is 0 Å². The Labute approximate surface area is 203 Å². The third kappa shape index (κ3) is 7.53. The Morgan fingerprint density at radius 1 is 1.00 bits per heavy atom. The van der Waals surface area contributed by atoms with E-state index in [4.69, 9.17) is 4.42 Å². The maximum Gasteiger partial charge on any atom is 0.269 e. The van der Waals surface area contributed by atoms with Crippen molar-refractivity contribution in [2.45, 2.75) is 20.0 Å². The number of aryl methyl sites for hydroxylation is 1. The second-order valence-corrected chi connectivity index (χ2v) is 7.94. The maximum atomic E-state index is 13.3. The second kappa shape index (κ2) is 12.1. The molecular weight excluding hydrogens is 446 g/mol. The number of nitro benzene ring substituents is 1. The van der Waals surface area contributed by atoms with E-state index >= 15 is 0 Å². The van der Waals surface area contributed by atoms with Gasteiger partial charge in [-0.25, -0.2) is 0 Å². The van der Waals surface area contributed by atoms with Crippen molar-refractivity contribution < 1.29 is 18.9 Å². The summed E-state index contributed by atoms with van der Waals surface area (Å²) in [5.74, 6) is 0.811. The Kier molecular flexibility index (Phi) is 8.72. The van der Waals surface area contributed by atoms with Gasteiger partial charge in [-0.05, 0) is 48.4 Å². The van der Waals surface area contributed by atoms with Gasteiger partial charge in [0.25, 0.3) is 5.69 Å². The molecule has 1 aromatic heterocycles. The number of hydrogen-bond donors (Lipinski definition) is 0. The Morgan fingerprint density at radius 2 is 1.71 bits per heavy atom. The van der Waals surface area contributed by atoms with Gasteiger partial charge < -0.3 is 14.2 Å². The Balaban J connectivity index is 1.73. The highest BCUT2D eigenvalue weighted by atomic mass is 16.6. The molecule has 2 amide bonds. The van der Waals surface area contributed by atoms with Crippen LogP contribution in [0.5, 0.6) is 0 Å². The van der Waals surface area contributed by atoms with Crippen LogP contribution in [0.3, 0.4) is 0 Å². The number of carbonyl (C=O) groups excluding carboxylic acids is 2. The number of rotatable bonds is 11. The quantitative estimate of drug-likeness (QED) is 0.173. The molecule has 0 spiro atoms. The average molecular weight is 474 g/mol. The van der Waals surface area contributed by atoms with E-state index < -0.39 is 4.92 Å². The molecule has 35 heavy (non-hydrogen) atoms. The fraction of sp³-hybridized carbons (Fsp3) is 0.185. The smallest absolute Gasteiger partial charge is 0.269 e. The van der Waals surface area contributed by atoms with Crippen LogP contribution in [0, 0.1) is 17.0 Å². The number of carbonyl (C=O) groups is 2. The summed E-state index contributed by atoms with van der Waals surface area (Å²) in [5.41, 5.74) is 1.56. The van der Waals surface area contributed by atoms with Crippen LogP contribution in [-0.4, -0.2) is 39.6 Å². The van der Waals surface area contributed by atoms with E-state index in [2.05, 4.69) is 6.58 Å². The van der Waals surface area contributed by atoms with E-state index in [1.165, 1.54) is 23.1 Å². The predicted molar refractivity (Wildman–Crippen MR) is 133 cm³/mol. The van der Waals surface area contributed by atoms with Crippen LogP contribution in [-0.2, 0) is 22.7 Å². The fourth-order valence-corrected chi connectivity index (χ4v) is 3.43. The van der Waals surface area contributed by atoms with E-state index in [0.717, 1.165) is 11.3 Å². The van der Waals surface area contributed by atoms with Crippen molar-refractivity contribution in [3.63, 3.8) is 0 Å². The van der Waals surface area contributed by atoms with Crippen LogP contribution < -0.4 is 0 Å². The SMILES string of the molecule is C=CCN(CC(=O)N(Cc1ccccc1)Cc1ccc(C)o1)C(=O)C=Cc1ccc([N+](=O)[O-])cc1. The Bertz CT molecular complexity index is 1200. The second-order valence-electron chi connectivity index (χ2n) is 7.94. The molecule has 0 bridgehead atoms. The summed E-state index contributed by atoms with van der Waals surface area (Å²) in [7, 11) is 0. The molecule has 180 valence electrons. The zero-order valence-corrected chi connectivity index (χ0v) is 19.5. The van der Waals surface area contributed by atoms with Crippen LogP contribution in [0.2, 0.25) is 0 Å². The highest BCUT2D eigenvalue weighted by molar-refractivity contribution is 5.94. The largest absolute Gasteiger partial charge is 0.464 e. The first kappa shape index (κ1) is 25.2. The molecule has 0 aliphatic rings. The van der Waals surface area contributed by atoms with E-state index in [0.29, 0.717) is 17.9 Å². The van der Waals surface area contributed by atoms with Crippen molar-refractivity contribution in [2.24, 2.45) is 0 Å². The molecule has 0 N–H and O–H groups in total. The monoisotopic (exact) mass is 473 g/mol. The van der Waals surface area contributed by atoms with E-state index in [-0.39, 0.29) is 37.1 Å². The minimum atomic E-state index is -0.485. The number of hydrogen-bond acceptors (Lipinski definition) is 5. The lowest BCUT2D eigenvalue weighted by Gasteiger charge is -2.26. The maximum absolute atomic E-state index is 13.3. The van der Waals surface area contributed by atoms with Crippen molar-refractivity contribution in [3.05, 3.63) is 118 Å². The van der Waals surface area contributed by atoms with Gasteiger partial charge in [-0.1, -0.05) is 36.4 Å². The van der Waals surface area contributed by atoms with Gasteiger partial charge in [0.1, 0.15) is 18.1 Å². The Morgan fingerprint density at radius 3 is 2.31 bits per heavy atom. The highest BCUT2D eigenvalue weighted by Crippen LogP contribution is 2.15. The third-order valence-corrected chi connectivity index (χ3v) is 5.22. The first-order valence-corrected chi connectivity index (χ1v) is 11.0. The normalized spacial score (nSPS) is 10.8. The molecule has 2 aromatic carbocycles. The lowest BCUT2D eigenvalue weighted by Crippen LogP contribution is -2.42. The van der Waals surface area contributed by atoms with Gasteiger partial charge in [-0.2, -0.15) is 0 Å². The predicted octanol–water partition coefficient (Wildman–Crippen LogP) is 4.75. The van der Waals surface area contributed by atoms with E-state index in [1.54, 1.807) is 29.2 Å². The fourth-order valence-electron chi connectivity index (χ4n) is 3.43. The molecule has 0 aliphatic heterocycles. The number of furan rings is 1. The molecule has 8 nitrogen and oxygen atoms in total. The molecule has 0 atom stereocenters. The summed E-state index contributed by atoms with van der Waals surface area (Å²) in [6.07, 6.45) is 4.46. The molecule has 0 unspecified atom stereocenters. The molecule has 1 heterocycles. The minimum absolute atomic E-state index is 0.0300. The summed E-state index contributed by atoms with van der Waals surface area (Å²) in [5, 5.41) is 10.8. The molecule has 0 saturated carbocycles. The van der Waals surface area contributed by atoms with Crippen molar-refractivity contribution >= 4 is 23.6 Å². The summed E-state index contributed by atoms with van der Waals surface area (Å²) in [6.45, 7) is 6.23. The van der Waals surface area contributed by atoms with Gasteiger partial charge in [0, 0.05) is 31.3 Å². The topological polar surface area (TPSA) is 96.9 Å². The van der Waals surface area contributed by atoms with Gasteiger partial charge in [0.05, 0.1) is 11.5 Å². The van der Waals surface area contributed by atoms with Gasteiger partial charge >= 0.3 is 0 Å². The molecule has 0 radical (unpaired) electrons. The molecule has 0 aliphatic carbocycles. The average Bonchev–Trinajstić information content (AvgIpc) is 3.27. The third-order valence-electron chi connectivity index (χ3n) is 5.22. The number of nitrogens with zero attached hydrogens (tertiary/aromatic N) is 3. The van der Waals surface area contributed by atoms with Crippen LogP contribution in [0.1, 0.15) is 22.6 Å². The lowest BCUT2D eigenvalue weighted by molar-refractivity contribution is -0.384. The standard InChI is InChI=1S/C27H27N3O5/c1-3-17-28(26(31)16-12-22-10-13-24(14-11-22)30(33)34)20-27(32)29(18-23-7-5-4-6-8-23)19-25-15-9-21(2)35-25/h3-16H,1,17-20H2,2H3. The van der Waals surface area contributed by atoms with E-state index in [9.17, 15) is 19.7 Å². The Hall–Kier alpha value is -4.46. The van der Waals surface area contributed by atoms with Crippen LogP contribution in [0.15, 0.2) is 89.9 Å². The first-order valence-electron chi connectivity index (χ1n) is 11.0. The first-order chi connectivity index (χ1) is 16.9. The number of nitro groups is 1. The zero-order chi connectivity index (χ0) is 25.2. The summed E-state index contributed by atoms with van der Waals surface area (Å²) in [6, 6.07) is 19.1. The number of amides is 2. The molecule has 8 heteroatoms. The number of benzene rings is 2. The summed E-state index contributed by atoms with van der Waals surface area (Å²) in [4.78, 5) is 39.5. The van der Waals surface area contributed by atoms with Crippen LogP contribution in [0.4, 0.5) is 5.69 Å². The van der Waals surface area contributed by atoms with Gasteiger partial charge in [-0.15, -0.1) is 6.58 Å². The van der Waals surface area contributed by atoms with Crippen molar-refractivity contribution in [1.29, 1.82) is 0 Å². The molecule has 0 saturated heterocycles. The lowest BCUT2D eigenvalue weighted by atomic mass is 10.2. The van der Waals surface area contributed by atoms with E-state index in [1.807, 2.05) is 49.4 Å². The summed E-state index contributed by atoms with van der Waals surface area (Å²) < 4.78 is 5.67. The zero-order valence-electron chi connectivity index (χ0n) is 19.5. The molecule has 3 rings (SSSR count). The van der Waals surface area contributed by atoms with Crippen molar-refractivity contribution in [3.8, 4) is 0 Å². The van der Waals surface area contributed by atoms with Crippen LogP contribution in [0.25, 0.3) is 6.08 Å². The number of non-ortho nitro benzene ring substituents is 1. The van der Waals surface area contributed by atoms with Gasteiger partial charge in [0.2, 0.25) is 11.8 Å². The van der Waals surface area contributed by atoms with Crippen molar-refractivity contribution in [2.75, 3.05) is 13.1 Å². The molecule has 0 fully saturated rings. The molecular formula is C27H27N3O5. The van der Waals surface area contributed by atoms with Crippen molar-refractivity contribution in [1.82, 2.24) is 9.80 Å². The van der Waals surface area contributed by atoms with Gasteiger partial charge in [-0.3, -0.25) is 19.7 Å². The highest BCUT2D eigenvalue weighted by Gasteiger charge is 2.21. The minimum Gasteiger partial charge on any atom is -0.464 e. The summed E-state index contributed by atoms with van der Waals surface area (Å²) >= 11 is 0.